The topological polar surface area (TPSA) is 46.5 Å². The number of carboxylic acid groups (broad SMARTS) is 1. The largest absolute Gasteiger partial charge is 0.511 e. The summed E-state index contributed by atoms with van der Waals surface area (Å²) in [6.45, 7) is 6.31. The molecule has 3 nitrogen and oxygen atoms in total. The van der Waals surface area contributed by atoms with Gasteiger partial charge >= 0.3 is 6.16 Å². The zero-order valence-electron chi connectivity index (χ0n) is 9.99. The minimum atomic E-state index is -1.26. The van der Waals surface area contributed by atoms with Gasteiger partial charge in [0.25, 0.3) is 0 Å². The third-order valence-corrected chi connectivity index (χ3v) is 2.69. The van der Waals surface area contributed by atoms with E-state index in [-0.39, 0.29) is 5.41 Å². The van der Waals surface area contributed by atoms with Crippen molar-refractivity contribution in [3.05, 3.63) is 29.8 Å². The van der Waals surface area contributed by atoms with Gasteiger partial charge in [-0.15, -0.1) is 0 Å². The van der Waals surface area contributed by atoms with Crippen LogP contribution < -0.4 is 4.74 Å². The van der Waals surface area contributed by atoms with Gasteiger partial charge in [0.05, 0.1) is 0 Å². The summed E-state index contributed by atoms with van der Waals surface area (Å²) in [5.41, 5.74) is 0.875. The Balaban J connectivity index is 3.07. The molecular weight excluding hydrogens is 204 g/mol. The number of para-hydroxylation sites is 1. The lowest BCUT2D eigenvalue weighted by molar-refractivity contribution is 0.143. The molecule has 0 saturated heterocycles. The van der Waals surface area contributed by atoms with Crippen molar-refractivity contribution in [3.63, 3.8) is 0 Å². The van der Waals surface area contributed by atoms with E-state index in [9.17, 15) is 4.79 Å². The molecule has 3 heteroatoms. The van der Waals surface area contributed by atoms with Crippen molar-refractivity contribution in [1.82, 2.24) is 0 Å². The number of carbonyl (C=O) groups is 1. The predicted octanol–water partition coefficient (Wildman–Crippen LogP) is 3.82. The van der Waals surface area contributed by atoms with Crippen LogP contribution in [0.25, 0.3) is 0 Å². The van der Waals surface area contributed by atoms with E-state index in [1.165, 1.54) is 0 Å². The second-order valence-electron chi connectivity index (χ2n) is 4.50. The van der Waals surface area contributed by atoms with Gasteiger partial charge in [-0.1, -0.05) is 45.4 Å². The van der Waals surface area contributed by atoms with Crippen molar-refractivity contribution in [2.24, 2.45) is 0 Å². The minimum absolute atomic E-state index is 0.0687. The van der Waals surface area contributed by atoms with E-state index >= 15 is 0 Å². The maximum absolute atomic E-state index is 10.6. The maximum atomic E-state index is 10.6. The van der Waals surface area contributed by atoms with Crippen LogP contribution in [-0.4, -0.2) is 11.3 Å². The maximum Gasteiger partial charge on any atom is 0.511 e. The Morgan fingerprint density at radius 3 is 2.56 bits per heavy atom. The number of benzene rings is 1. The first-order valence-corrected chi connectivity index (χ1v) is 5.47. The summed E-state index contributed by atoms with van der Waals surface area (Å²) in [5.74, 6) is 0.438. The van der Waals surface area contributed by atoms with Crippen molar-refractivity contribution in [3.8, 4) is 5.75 Å². The average molecular weight is 222 g/mol. The zero-order valence-corrected chi connectivity index (χ0v) is 9.99. The summed E-state index contributed by atoms with van der Waals surface area (Å²) in [6.07, 6.45) is 0.779. The lowest BCUT2D eigenvalue weighted by atomic mass is 9.80. The van der Waals surface area contributed by atoms with E-state index in [1.807, 2.05) is 12.1 Å². The Labute approximate surface area is 96.1 Å². The highest BCUT2D eigenvalue weighted by Gasteiger charge is 2.24. The Hall–Kier alpha value is -1.51. The summed E-state index contributed by atoms with van der Waals surface area (Å²) in [5, 5.41) is 8.66. The van der Waals surface area contributed by atoms with Crippen LogP contribution in [0, 0.1) is 0 Å². The van der Waals surface area contributed by atoms with Crippen molar-refractivity contribution in [1.29, 1.82) is 0 Å². The Kier molecular flexibility index (Phi) is 3.93. The lowest BCUT2D eigenvalue weighted by Crippen LogP contribution is -2.19. The molecule has 0 saturated carbocycles. The average Bonchev–Trinajstić information content (AvgIpc) is 2.17. The summed E-state index contributed by atoms with van der Waals surface area (Å²) < 4.78 is 4.79. The highest BCUT2D eigenvalue weighted by molar-refractivity contribution is 5.62. The van der Waals surface area contributed by atoms with E-state index in [2.05, 4.69) is 20.8 Å². The van der Waals surface area contributed by atoms with Gasteiger partial charge in [0, 0.05) is 5.56 Å². The van der Waals surface area contributed by atoms with Gasteiger partial charge in [0.15, 0.2) is 0 Å². The quantitative estimate of drug-likeness (QED) is 0.622. The van der Waals surface area contributed by atoms with Gasteiger partial charge in [-0.2, -0.15) is 0 Å². The van der Waals surface area contributed by atoms with Gasteiger partial charge < -0.3 is 9.84 Å². The summed E-state index contributed by atoms with van der Waals surface area (Å²) in [7, 11) is 0. The molecule has 0 aliphatic rings. The number of ether oxygens (including phenoxy) is 1. The van der Waals surface area contributed by atoms with E-state index in [0.717, 1.165) is 18.4 Å². The molecule has 0 atom stereocenters. The van der Waals surface area contributed by atoms with Crippen LogP contribution in [-0.2, 0) is 5.41 Å². The molecule has 0 radical (unpaired) electrons. The Morgan fingerprint density at radius 2 is 2.00 bits per heavy atom. The zero-order chi connectivity index (χ0) is 12.2. The monoisotopic (exact) mass is 222 g/mol. The summed E-state index contributed by atoms with van der Waals surface area (Å²) >= 11 is 0. The van der Waals surface area contributed by atoms with Crippen LogP contribution in [0.5, 0.6) is 5.75 Å². The third kappa shape index (κ3) is 2.99. The minimum Gasteiger partial charge on any atom is -0.449 e. The highest BCUT2D eigenvalue weighted by Crippen LogP contribution is 2.34. The molecule has 0 bridgehead atoms. The summed E-state index contributed by atoms with van der Waals surface area (Å²) in [6, 6.07) is 7.31. The number of hydrogen-bond acceptors (Lipinski definition) is 2. The molecule has 0 spiro atoms. The molecular formula is C13H18O3. The van der Waals surface area contributed by atoms with E-state index in [4.69, 9.17) is 9.84 Å². The number of hydrogen-bond donors (Lipinski definition) is 1. The molecule has 16 heavy (non-hydrogen) atoms. The van der Waals surface area contributed by atoms with Crippen molar-refractivity contribution < 1.29 is 14.6 Å². The SMILES string of the molecule is CCCC(C)(C)c1ccccc1OC(=O)O. The van der Waals surface area contributed by atoms with Crippen molar-refractivity contribution >= 4 is 6.16 Å². The van der Waals surface area contributed by atoms with Crippen LogP contribution in [0.15, 0.2) is 24.3 Å². The molecule has 0 aliphatic heterocycles. The highest BCUT2D eigenvalue weighted by atomic mass is 16.7. The predicted molar refractivity (Wildman–Crippen MR) is 63.0 cm³/mol. The molecule has 88 valence electrons. The second kappa shape index (κ2) is 5.01. The standard InChI is InChI=1S/C13H18O3/c1-4-9-13(2,3)10-7-5-6-8-11(10)16-12(14)15/h5-8H,4,9H2,1-3H3,(H,14,15). The smallest absolute Gasteiger partial charge is 0.449 e. The Morgan fingerprint density at radius 1 is 1.38 bits per heavy atom. The van der Waals surface area contributed by atoms with E-state index in [1.54, 1.807) is 12.1 Å². The molecule has 1 N–H and O–H groups in total. The Bertz CT molecular complexity index is 369. The van der Waals surface area contributed by atoms with Gasteiger partial charge in [0.2, 0.25) is 0 Å². The molecule has 0 fully saturated rings. The lowest BCUT2D eigenvalue weighted by Gasteiger charge is -2.26. The van der Waals surface area contributed by atoms with Crippen LogP contribution >= 0.6 is 0 Å². The van der Waals surface area contributed by atoms with Gasteiger partial charge in [-0.05, 0) is 17.9 Å². The summed E-state index contributed by atoms with van der Waals surface area (Å²) in [4.78, 5) is 10.6. The number of rotatable bonds is 4. The van der Waals surface area contributed by atoms with Gasteiger partial charge in [-0.25, -0.2) is 4.79 Å². The molecule has 0 aliphatic carbocycles. The fourth-order valence-electron chi connectivity index (χ4n) is 1.97. The second-order valence-corrected chi connectivity index (χ2v) is 4.50. The molecule has 0 amide bonds. The van der Waals surface area contributed by atoms with E-state index in [0.29, 0.717) is 5.75 Å². The molecule has 0 aromatic heterocycles. The van der Waals surface area contributed by atoms with E-state index < -0.39 is 6.16 Å². The van der Waals surface area contributed by atoms with Crippen molar-refractivity contribution in [2.75, 3.05) is 0 Å². The molecule has 0 unspecified atom stereocenters. The molecule has 1 aromatic rings. The fraction of sp³-hybridized carbons (Fsp3) is 0.462. The molecule has 1 rings (SSSR count). The molecule has 1 aromatic carbocycles. The van der Waals surface area contributed by atoms with Crippen LogP contribution in [0.3, 0.4) is 0 Å². The fourth-order valence-corrected chi connectivity index (χ4v) is 1.97. The first kappa shape index (κ1) is 12.6. The van der Waals surface area contributed by atoms with Crippen LogP contribution in [0.4, 0.5) is 4.79 Å². The van der Waals surface area contributed by atoms with Gasteiger partial charge in [-0.3, -0.25) is 0 Å². The first-order valence-electron chi connectivity index (χ1n) is 5.47. The molecule has 0 heterocycles. The third-order valence-electron chi connectivity index (χ3n) is 2.69. The van der Waals surface area contributed by atoms with Gasteiger partial charge in [0.1, 0.15) is 5.75 Å². The normalized spacial score (nSPS) is 11.2. The van der Waals surface area contributed by atoms with Crippen LogP contribution in [0.2, 0.25) is 0 Å². The van der Waals surface area contributed by atoms with Crippen LogP contribution in [0.1, 0.15) is 39.2 Å². The van der Waals surface area contributed by atoms with Crippen molar-refractivity contribution in [2.45, 2.75) is 39.0 Å². The first-order chi connectivity index (χ1) is 7.47.